The molecule has 1 atom stereocenters. The highest BCUT2D eigenvalue weighted by Gasteiger charge is 2.17. The van der Waals surface area contributed by atoms with Crippen LogP contribution in [0.1, 0.15) is 44.2 Å². The maximum Gasteiger partial charge on any atom is 0.101 e. The van der Waals surface area contributed by atoms with Crippen molar-refractivity contribution in [2.24, 2.45) is 5.92 Å². The predicted molar refractivity (Wildman–Crippen MR) is 74.4 cm³/mol. The quantitative estimate of drug-likeness (QED) is 0.808. The smallest absolute Gasteiger partial charge is 0.101 e. The topological polar surface area (TPSA) is 24.9 Å². The Morgan fingerprint density at radius 3 is 2.94 bits per heavy atom. The van der Waals surface area contributed by atoms with Gasteiger partial charge in [-0.15, -0.1) is 11.8 Å². The van der Waals surface area contributed by atoms with Crippen LogP contribution >= 0.6 is 11.8 Å². The first-order valence-electron chi connectivity index (χ1n) is 6.56. The lowest BCUT2D eigenvalue weighted by atomic mass is 10.1. The third-order valence-electron chi connectivity index (χ3n) is 3.63. The van der Waals surface area contributed by atoms with Gasteiger partial charge in [-0.2, -0.15) is 0 Å². The van der Waals surface area contributed by atoms with Gasteiger partial charge in [0.2, 0.25) is 0 Å². The van der Waals surface area contributed by atoms with Crippen molar-refractivity contribution in [2.45, 2.75) is 43.7 Å². The third-order valence-corrected chi connectivity index (χ3v) is 4.88. The standard InChI is InChI=1S/C14H22N2S/c1-11(15-2)13-8-5-9-16-14(13)17-10-12-6-3-4-7-12/h5,8-9,11-12,15H,3-4,6-7,10H2,1-2H3. The summed E-state index contributed by atoms with van der Waals surface area (Å²) in [4.78, 5) is 4.53. The van der Waals surface area contributed by atoms with Crippen LogP contribution in [-0.4, -0.2) is 17.8 Å². The SMILES string of the molecule is CNC(C)c1cccnc1SCC1CCCC1. The first kappa shape index (κ1) is 12.9. The van der Waals surface area contributed by atoms with Gasteiger partial charge in [-0.25, -0.2) is 4.98 Å². The first-order chi connectivity index (χ1) is 8.31. The van der Waals surface area contributed by atoms with E-state index in [1.165, 1.54) is 42.0 Å². The molecule has 0 spiro atoms. The van der Waals surface area contributed by atoms with Crippen molar-refractivity contribution >= 4 is 11.8 Å². The molecule has 1 aliphatic rings. The number of aromatic nitrogens is 1. The number of pyridine rings is 1. The second-order valence-electron chi connectivity index (χ2n) is 4.87. The summed E-state index contributed by atoms with van der Waals surface area (Å²) in [6.45, 7) is 2.19. The van der Waals surface area contributed by atoms with Gasteiger partial charge in [0.05, 0.1) is 0 Å². The minimum absolute atomic E-state index is 0.384. The number of rotatable bonds is 5. The molecule has 1 aromatic heterocycles. The molecular formula is C14H22N2S. The van der Waals surface area contributed by atoms with Gasteiger partial charge in [0.1, 0.15) is 5.03 Å². The normalized spacial score (nSPS) is 18.5. The summed E-state index contributed by atoms with van der Waals surface area (Å²) in [5, 5.41) is 4.51. The van der Waals surface area contributed by atoms with Crippen molar-refractivity contribution in [3.63, 3.8) is 0 Å². The van der Waals surface area contributed by atoms with Gasteiger partial charge in [0, 0.05) is 23.6 Å². The molecule has 1 N–H and O–H groups in total. The molecule has 2 rings (SSSR count). The maximum atomic E-state index is 4.53. The molecule has 0 aliphatic heterocycles. The van der Waals surface area contributed by atoms with E-state index in [1.54, 1.807) is 0 Å². The summed E-state index contributed by atoms with van der Waals surface area (Å²) < 4.78 is 0. The zero-order chi connectivity index (χ0) is 12.1. The fraction of sp³-hybridized carbons (Fsp3) is 0.643. The van der Waals surface area contributed by atoms with E-state index in [0.717, 1.165) is 5.92 Å². The lowest BCUT2D eigenvalue weighted by Crippen LogP contribution is -2.14. The van der Waals surface area contributed by atoms with Gasteiger partial charge in [0.25, 0.3) is 0 Å². The highest BCUT2D eigenvalue weighted by molar-refractivity contribution is 7.99. The van der Waals surface area contributed by atoms with Gasteiger partial charge in [-0.1, -0.05) is 18.9 Å². The first-order valence-corrected chi connectivity index (χ1v) is 7.54. The molecule has 1 unspecified atom stereocenters. The van der Waals surface area contributed by atoms with E-state index in [0.29, 0.717) is 6.04 Å². The largest absolute Gasteiger partial charge is 0.313 e. The average molecular weight is 250 g/mol. The molecule has 2 nitrogen and oxygen atoms in total. The maximum absolute atomic E-state index is 4.53. The third kappa shape index (κ3) is 3.46. The number of thioether (sulfide) groups is 1. The van der Waals surface area contributed by atoms with Crippen molar-refractivity contribution in [3.8, 4) is 0 Å². The molecule has 1 saturated carbocycles. The lowest BCUT2D eigenvalue weighted by molar-refractivity contribution is 0.618. The second kappa shape index (κ2) is 6.41. The number of nitrogens with one attached hydrogen (secondary N) is 1. The molecule has 17 heavy (non-hydrogen) atoms. The van der Waals surface area contributed by atoms with Crippen LogP contribution in [0.4, 0.5) is 0 Å². The fourth-order valence-electron chi connectivity index (χ4n) is 2.38. The van der Waals surface area contributed by atoms with Crippen LogP contribution in [0.5, 0.6) is 0 Å². The Balaban J connectivity index is 1.98. The molecule has 1 fully saturated rings. The molecule has 1 aromatic rings. The van der Waals surface area contributed by atoms with Gasteiger partial charge in [0.15, 0.2) is 0 Å². The average Bonchev–Trinajstić information content (AvgIpc) is 2.89. The molecule has 1 heterocycles. The zero-order valence-corrected chi connectivity index (χ0v) is 11.6. The molecular weight excluding hydrogens is 228 g/mol. The summed E-state index contributed by atoms with van der Waals surface area (Å²) in [5.41, 5.74) is 1.33. The van der Waals surface area contributed by atoms with Gasteiger partial charge >= 0.3 is 0 Å². The van der Waals surface area contributed by atoms with Crippen LogP contribution in [0, 0.1) is 5.92 Å². The number of hydrogen-bond acceptors (Lipinski definition) is 3. The van der Waals surface area contributed by atoms with E-state index >= 15 is 0 Å². The highest BCUT2D eigenvalue weighted by atomic mass is 32.2. The van der Waals surface area contributed by atoms with Crippen LogP contribution < -0.4 is 5.32 Å². The van der Waals surface area contributed by atoms with Crippen molar-refractivity contribution < 1.29 is 0 Å². The second-order valence-corrected chi connectivity index (χ2v) is 5.88. The molecule has 1 aliphatic carbocycles. The van der Waals surface area contributed by atoms with Gasteiger partial charge < -0.3 is 5.32 Å². The van der Waals surface area contributed by atoms with E-state index in [2.05, 4.69) is 23.3 Å². The Morgan fingerprint density at radius 1 is 1.47 bits per heavy atom. The number of nitrogens with zero attached hydrogens (tertiary/aromatic N) is 1. The predicted octanol–water partition coefficient (Wildman–Crippen LogP) is 3.64. The van der Waals surface area contributed by atoms with E-state index in [-0.39, 0.29) is 0 Å². The summed E-state index contributed by atoms with van der Waals surface area (Å²) in [6.07, 6.45) is 7.58. The number of hydrogen-bond donors (Lipinski definition) is 1. The van der Waals surface area contributed by atoms with Crippen molar-refractivity contribution in [1.82, 2.24) is 10.3 Å². The minimum Gasteiger partial charge on any atom is -0.313 e. The van der Waals surface area contributed by atoms with Gasteiger partial charge in [-0.3, -0.25) is 0 Å². The molecule has 3 heteroatoms. The molecule has 94 valence electrons. The van der Waals surface area contributed by atoms with Crippen LogP contribution in [0.25, 0.3) is 0 Å². The molecule has 0 saturated heterocycles. The highest BCUT2D eigenvalue weighted by Crippen LogP contribution is 2.32. The van der Waals surface area contributed by atoms with E-state index in [4.69, 9.17) is 0 Å². The van der Waals surface area contributed by atoms with Gasteiger partial charge in [-0.05, 0) is 38.8 Å². The molecule has 0 bridgehead atoms. The molecule has 0 amide bonds. The minimum atomic E-state index is 0.384. The molecule has 0 aromatic carbocycles. The zero-order valence-electron chi connectivity index (χ0n) is 10.8. The van der Waals surface area contributed by atoms with Crippen LogP contribution in [0.15, 0.2) is 23.4 Å². The Hall–Kier alpha value is -0.540. The Labute approximate surface area is 109 Å². The van der Waals surface area contributed by atoms with Crippen LogP contribution in [-0.2, 0) is 0 Å². The van der Waals surface area contributed by atoms with Crippen LogP contribution in [0.3, 0.4) is 0 Å². The van der Waals surface area contributed by atoms with E-state index in [9.17, 15) is 0 Å². The van der Waals surface area contributed by atoms with Crippen molar-refractivity contribution in [1.29, 1.82) is 0 Å². The van der Waals surface area contributed by atoms with Crippen molar-refractivity contribution in [2.75, 3.05) is 12.8 Å². The Bertz CT molecular complexity index is 348. The summed E-state index contributed by atoms with van der Waals surface area (Å²) in [6, 6.07) is 4.60. The van der Waals surface area contributed by atoms with Crippen LogP contribution in [0.2, 0.25) is 0 Å². The Morgan fingerprint density at radius 2 is 2.24 bits per heavy atom. The molecule has 0 radical (unpaired) electrons. The fourth-order valence-corrected chi connectivity index (χ4v) is 3.66. The lowest BCUT2D eigenvalue weighted by Gasteiger charge is -2.15. The van der Waals surface area contributed by atoms with E-state index in [1.807, 2.05) is 31.1 Å². The summed E-state index contributed by atoms with van der Waals surface area (Å²) in [7, 11) is 2.00. The monoisotopic (exact) mass is 250 g/mol. The Kier molecular flexibility index (Phi) is 4.86. The van der Waals surface area contributed by atoms with E-state index < -0.39 is 0 Å². The summed E-state index contributed by atoms with van der Waals surface area (Å²) >= 11 is 1.94. The summed E-state index contributed by atoms with van der Waals surface area (Å²) in [5.74, 6) is 2.15. The van der Waals surface area contributed by atoms with Crippen molar-refractivity contribution in [3.05, 3.63) is 23.9 Å².